The van der Waals surface area contributed by atoms with E-state index in [0.29, 0.717) is 0 Å². The van der Waals surface area contributed by atoms with Gasteiger partial charge in [0.1, 0.15) is 0 Å². The van der Waals surface area contributed by atoms with Crippen molar-refractivity contribution in [1.82, 2.24) is 10.2 Å². The van der Waals surface area contributed by atoms with E-state index in [1.165, 1.54) is 58.2 Å². The van der Waals surface area contributed by atoms with Crippen molar-refractivity contribution < 1.29 is 0 Å². The minimum absolute atomic E-state index is 0.834. The van der Waals surface area contributed by atoms with Gasteiger partial charge in [0, 0.05) is 18.6 Å². The first-order chi connectivity index (χ1) is 6.90. The lowest BCUT2D eigenvalue weighted by Crippen LogP contribution is -2.40. The largest absolute Gasteiger partial charge is 0.312 e. The van der Waals surface area contributed by atoms with E-state index in [9.17, 15) is 0 Å². The molecule has 0 amide bonds. The summed E-state index contributed by atoms with van der Waals surface area (Å²) in [4.78, 5) is 2.63. The van der Waals surface area contributed by atoms with Crippen LogP contribution in [-0.4, -0.2) is 36.6 Å². The monoisotopic (exact) mass is 196 g/mol. The third-order valence-electron chi connectivity index (χ3n) is 3.90. The molecule has 2 rings (SSSR count). The Labute approximate surface area is 88.1 Å². The summed E-state index contributed by atoms with van der Waals surface area (Å²) in [7, 11) is 0. The molecule has 2 aliphatic rings. The molecule has 0 bridgehead atoms. The van der Waals surface area contributed by atoms with Gasteiger partial charge >= 0.3 is 0 Å². The zero-order valence-corrected chi connectivity index (χ0v) is 9.47. The van der Waals surface area contributed by atoms with Crippen LogP contribution in [0, 0.1) is 0 Å². The van der Waals surface area contributed by atoms with Crippen LogP contribution in [0.3, 0.4) is 0 Å². The van der Waals surface area contributed by atoms with Crippen LogP contribution in [0.4, 0.5) is 0 Å². The van der Waals surface area contributed by atoms with E-state index in [-0.39, 0.29) is 0 Å². The van der Waals surface area contributed by atoms with Crippen LogP contribution >= 0.6 is 0 Å². The van der Waals surface area contributed by atoms with Gasteiger partial charge in [-0.15, -0.1) is 0 Å². The van der Waals surface area contributed by atoms with Gasteiger partial charge in [0.05, 0.1) is 0 Å². The minimum Gasteiger partial charge on any atom is -0.312 e. The molecule has 0 unspecified atom stereocenters. The molecule has 14 heavy (non-hydrogen) atoms. The fourth-order valence-corrected chi connectivity index (χ4v) is 2.98. The maximum Gasteiger partial charge on any atom is 0.0221 e. The lowest BCUT2D eigenvalue weighted by molar-refractivity contribution is 0.254. The quantitative estimate of drug-likeness (QED) is 0.740. The highest BCUT2D eigenvalue weighted by molar-refractivity contribution is 4.83. The molecular weight excluding hydrogens is 172 g/mol. The maximum absolute atomic E-state index is 3.75. The Morgan fingerprint density at radius 2 is 1.93 bits per heavy atom. The molecule has 0 aromatic carbocycles. The summed E-state index contributed by atoms with van der Waals surface area (Å²) in [6.45, 7) is 6.08. The number of hydrogen-bond donors (Lipinski definition) is 1. The molecule has 1 atom stereocenters. The number of hydrogen-bond acceptors (Lipinski definition) is 2. The van der Waals surface area contributed by atoms with E-state index in [2.05, 4.69) is 17.1 Å². The minimum atomic E-state index is 0.834. The smallest absolute Gasteiger partial charge is 0.0221 e. The molecule has 2 heteroatoms. The van der Waals surface area contributed by atoms with Crippen LogP contribution in [-0.2, 0) is 0 Å². The summed E-state index contributed by atoms with van der Waals surface area (Å²) in [6, 6.07) is 1.68. The van der Waals surface area contributed by atoms with Crippen molar-refractivity contribution in [2.45, 2.75) is 57.5 Å². The number of rotatable bonds is 4. The predicted octanol–water partition coefficient (Wildman–Crippen LogP) is 2.00. The van der Waals surface area contributed by atoms with Crippen LogP contribution in [0.5, 0.6) is 0 Å². The fourth-order valence-electron chi connectivity index (χ4n) is 2.98. The van der Waals surface area contributed by atoms with Crippen LogP contribution in [0.25, 0.3) is 0 Å². The summed E-state index contributed by atoms with van der Waals surface area (Å²) in [5.41, 5.74) is 0. The molecule has 1 aliphatic carbocycles. The molecule has 0 spiro atoms. The first kappa shape index (κ1) is 10.4. The van der Waals surface area contributed by atoms with Gasteiger partial charge in [-0.25, -0.2) is 0 Å². The second kappa shape index (κ2) is 5.13. The molecule has 2 nitrogen and oxygen atoms in total. The van der Waals surface area contributed by atoms with Gasteiger partial charge in [0.2, 0.25) is 0 Å². The molecular formula is C12H24N2. The van der Waals surface area contributed by atoms with Crippen molar-refractivity contribution >= 4 is 0 Å². The van der Waals surface area contributed by atoms with Gasteiger partial charge in [-0.2, -0.15) is 0 Å². The highest BCUT2D eigenvalue weighted by Gasteiger charge is 2.24. The molecule has 0 radical (unpaired) electrons. The van der Waals surface area contributed by atoms with Gasteiger partial charge in [0.15, 0.2) is 0 Å². The number of nitrogens with one attached hydrogen (secondary N) is 1. The fraction of sp³-hybridized carbons (Fsp3) is 1.00. The highest BCUT2D eigenvalue weighted by Crippen LogP contribution is 2.20. The normalized spacial score (nSPS) is 30.2. The van der Waals surface area contributed by atoms with E-state index in [1.807, 2.05) is 0 Å². The van der Waals surface area contributed by atoms with Gasteiger partial charge < -0.3 is 5.32 Å². The van der Waals surface area contributed by atoms with Crippen molar-refractivity contribution in [2.75, 3.05) is 19.6 Å². The van der Waals surface area contributed by atoms with Crippen molar-refractivity contribution in [3.8, 4) is 0 Å². The zero-order chi connectivity index (χ0) is 9.80. The predicted molar refractivity (Wildman–Crippen MR) is 60.5 cm³/mol. The van der Waals surface area contributed by atoms with Crippen molar-refractivity contribution in [3.05, 3.63) is 0 Å². The Morgan fingerprint density at radius 1 is 1.14 bits per heavy atom. The van der Waals surface area contributed by atoms with Gasteiger partial charge in [0.25, 0.3) is 0 Å². The average molecular weight is 196 g/mol. The SMILES string of the molecule is CCN1CCC[C@@H]1CNC1CCCC1. The lowest BCUT2D eigenvalue weighted by atomic mass is 10.2. The summed E-state index contributed by atoms with van der Waals surface area (Å²) in [5.74, 6) is 0. The first-order valence-electron chi connectivity index (χ1n) is 6.37. The Kier molecular flexibility index (Phi) is 3.82. The van der Waals surface area contributed by atoms with Crippen LogP contribution in [0.15, 0.2) is 0 Å². The highest BCUT2D eigenvalue weighted by atomic mass is 15.2. The lowest BCUT2D eigenvalue weighted by Gasteiger charge is -2.24. The van der Waals surface area contributed by atoms with Crippen LogP contribution in [0.1, 0.15) is 45.4 Å². The Morgan fingerprint density at radius 3 is 2.64 bits per heavy atom. The van der Waals surface area contributed by atoms with Gasteiger partial charge in [-0.3, -0.25) is 4.90 Å². The number of nitrogens with zero attached hydrogens (tertiary/aromatic N) is 1. The van der Waals surface area contributed by atoms with Crippen molar-refractivity contribution in [2.24, 2.45) is 0 Å². The molecule has 1 saturated carbocycles. The van der Waals surface area contributed by atoms with Crippen molar-refractivity contribution in [3.63, 3.8) is 0 Å². The Hall–Kier alpha value is -0.0800. The summed E-state index contributed by atoms with van der Waals surface area (Å²) in [5, 5.41) is 3.75. The molecule has 2 fully saturated rings. The molecule has 0 aromatic heterocycles. The Balaban J connectivity index is 1.68. The zero-order valence-electron chi connectivity index (χ0n) is 9.47. The van der Waals surface area contributed by atoms with Gasteiger partial charge in [-0.05, 0) is 38.8 Å². The van der Waals surface area contributed by atoms with Crippen molar-refractivity contribution in [1.29, 1.82) is 0 Å². The number of likely N-dealkylation sites (tertiary alicyclic amines) is 1. The van der Waals surface area contributed by atoms with Gasteiger partial charge in [-0.1, -0.05) is 19.8 Å². The maximum atomic E-state index is 3.75. The second-order valence-corrected chi connectivity index (χ2v) is 4.81. The van der Waals surface area contributed by atoms with E-state index in [0.717, 1.165) is 12.1 Å². The molecule has 0 aromatic rings. The van der Waals surface area contributed by atoms with E-state index < -0.39 is 0 Å². The number of likely N-dealkylation sites (N-methyl/N-ethyl adjacent to an activating group) is 1. The van der Waals surface area contributed by atoms with E-state index in [4.69, 9.17) is 0 Å². The summed E-state index contributed by atoms with van der Waals surface area (Å²) in [6.07, 6.45) is 8.54. The first-order valence-corrected chi connectivity index (χ1v) is 6.37. The topological polar surface area (TPSA) is 15.3 Å². The Bertz CT molecular complexity index is 164. The summed E-state index contributed by atoms with van der Waals surface area (Å²) >= 11 is 0. The van der Waals surface area contributed by atoms with E-state index >= 15 is 0 Å². The molecule has 1 aliphatic heterocycles. The molecule has 82 valence electrons. The molecule has 1 saturated heterocycles. The molecule has 1 N–H and O–H groups in total. The average Bonchev–Trinajstić information content (AvgIpc) is 2.85. The third kappa shape index (κ3) is 2.48. The van der Waals surface area contributed by atoms with E-state index in [1.54, 1.807) is 0 Å². The third-order valence-corrected chi connectivity index (χ3v) is 3.90. The molecule has 1 heterocycles. The standard InChI is InChI=1S/C12H24N2/c1-2-14-9-5-8-12(14)10-13-11-6-3-4-7-11/h11-13H,2-10H2,1H3/t12-/m1/s1. The second-order valence-electron chi connectivity index (χ2n) is 4.81. The summed E-state index contributed by atoms with van der Waals surface area (Å²) < 4.78 is 0. The van der Waals surface area contributed by atoms with Crippen LogP contribution < -0.4 is 5.32 Å². The van der Waals surface area contributed by atoms with Crippen LogP contribution in [0.2, 0.25) is 0 Å².